The van der Waals surface area contributed by atoms with E-state index in [-0.39, 0.29) is 12.0 Å². The summed E-state index contributed by atoms with van der Waals surface area (Å²) in [5, 5.41) is 12.4. The van der Waals surface area contributed by atoms with Crippen LogP contribution in [-0.2, 0) is 6.54 Å². The maximum Gasteiger partial charge on any atom is 0.0541 e. The fourth-order valence-electron chi connectivity index (χ4n) is 1.19. The maximum absolute atomic E-state index is 9.07. The lowest BCUT2D eigenvalue weighted by molar-refractivity contribution is 0.156. The molecular formula is C12H20N2O. The molecule has 1 rings (SSSR count). The Morgan fingerprint density at radius 2 is 2.13 bits per heavy atom. The average molecular weight is 208 g/mol. The zero-order valence-electron chi connectivity index (χ0n) is 9.75. The second kappa shape index (κ2) is 5.24. The van der Waals surface area contributed by atoms with E-state index in [1.165, 1.54) is 5.56 Å². The maximum atomic E-state index is 9.07. The number of aromatic nitrogens is 1. The predicted molar refractivity (Wildman–Crippen MR) is 61.5 cm³/mol. The van der Waals surface area contributed by atoms with Gasteiger partial charge >= 0.3 is 0 Å². The van der Waals surface area contributed by atoms with Gasteiger partial charge in [0.25, 0.3) is 0 Å². The first-order valence-electron chi connectivity index (χ1n) is 5.27. The largest absolute Gasteiger partial charge is 0.396 e. The Morgan fingerprint density at radius 1 is 1.40 bits per heavy atom. The number of nitrogens with one attached hydrogen (secondary N) is 1. The van der Waals surface area contributed by atoms with Crippen molar-refractivity contribution in [1.82, 2.24) is 10.3 Å². The van der Waals surface area contributed by atoms with E-state index in [1.54, 1.807) is 0 Å². The molecule has 0 unspecified atom stereocenters. The molecule has 3 nitrogen and oxygen atoms in total. The highest BCUT2D eigenvalue weighted by atomic mass is 16.3. The van der Waals surface area contributed by atoms with Crippen molar-refractivity contribution < 1.29 is 5.11 Å². The van der Waals surface area contributed by atoms with Crippen molar-refractivity contribution in [2.24, 2.45) is 5.41 Å². The molecule has 15 heavy (non-hydrogen) atoms. The number of aliphatic hydroxyl groups is 1. The van der Waals surface area contributed by atoms with Crippen molar-refractivity contribution in [3.8, 4) is 0 Å². The summed E-state index contributed by atoms with van der Waals surface area (Å²) in [4.78, 5) is 4.30. The van der Waals surface area contributed by atoms with Crippen LogP contribution in [0.1, 0.15) is 25.1 Å². The number of aliphatic hydroxyl groups excluding tert-OH is 1. The monoisotopic (exact) mass is 208 g/mol. The molecule has 0 spiro atoms. The zero-order chi connectivity index (χ0) is 11.3. The smallest absolute Gasteiger partial charge is 0.0541 e. The molecule has 0 aromatic carbocycles. The van der Waals surface area contributed by atoms with Crippen LogP contribution in [0.5, 0.6) is 0 Å². The Balaban J connectivity index is 2.35. The Hall–Kier alpha value is -0.930. The van der Waals surface area contributed by atoms with Crippen molar-refractivity contribution in [3.63, 3.8) is 0 Å². The Labute approximate surface area is 91.5 Å². The number of hydrogen-bond acceptors (Lipinski definition) is 3. The second-order valence-electron chi connectivity index (χ2n) is 4.75. The van der Waals surface area contributed by atoms with Crippen molar-refractivity contribution in [2.75, 3.05) is 13.2 Å². The topological polar surface area (TPSA) is 45.1 Å². The van der Waals surface area contributed by atoms with Gasteiger partial charge in [0, 0.05) is 31.3 Å². The van der Waals surface area contributed by atoms with Gasteiger partial charge in [0.05, 0.1) is 5.69 Å². The van der Waals surface area contributed by atoms with Crippen LogP contribution in [0.15, 0.2) is 18.3 Å². The molecule has 0 saturated carbocycles. The summed E-state index contributed by atoms with van der Waals surface area (Å²) < 4.78 is 0. The van der Waals surface area contributed by atoms with E-state index >= 15 is 0 Å². The van der Waals surface area contributed by atoms with Crippen molar-refractivity contribution in [3.05, 3.63) is 29.6 Å². The SMILES string of the molecule is Cc1ccc(CNCC(C)(C)CO)nc1. The lowest BCUT2D eigenvalue weighted by Crippen LogP contribution is -2.32. The summed E-state index contributed by atoms with van der Waals surface area (Å²) >= 11 is 0. The van der Waals surface area contributed by atoms with E-state index in [4.69, 9.17) is 5.11 Å². The van der Waals surface area contributed by atoms with Gasteiger partial charge in [-0.3, -0.25) is 4.98 Å². The van der Waals surface area contributed by atoms with E-state index in [2.05, 4.69) is 16.4 Å². The van der Waals surface area contributed by atoms with Gasteiger partial charge in [-0.2, -0.15) is 0 Å². The highest BCUT2D eigenvalue weighted by molar-refractivity contribution is 5.11. The third kappa shape index (κ3) is 4.40. The van der Waals surface area contributed by atoms with E-state index in [0.717, 1.165) is 18.8 Å². The minimum atomic E-state index is -0.0648. The van der Waals surface area contributed by atoms with Gasteiger partial charge in [0.15, 0.2) is 0 Å². The van der Waals surface area contributed by atoms with Gasteiger partial charge < -0.3 is 10.4 Å². The molecule has 1 heterocycles. The van der Waals surface area contributed by atoms with E-state index in [1.807, 2.05) is 33.0 Å². The van der Waals surface area contributed by atoms with Crippen molar-refractivity contribution in [1.29, 1.82) is 0 Å². The van der Waals surface area contributed by atoms with Gasteiger partial charge in [0.1, 0.15) is 0 Å². The van der Waals surface area contributed by atoms with Crippen molar-refractivity contribution >= 4 is 0 Å². The first-order chi connectivity index (χ1) is 7.03. The predicted octanol–water partition coefficient (Wildman–Crippen LogP) is 1.50. The first kappa shape index (κ1) is 12.1. The number of rotatable bonds is 5. The lowest BCUT2D eigenvalue weighted by Gasteiger charge is -2.21. The number of aryl methyl sites for hydroxylation is 1. The van der Waals surface area contributed by atoms with Crippen molar-refractivity contribution in [2.45, 2.75) is 27.3 Å². The minimum Gasteiger partial charge on any atom is -0.396 e. The molecule has 0 aliphatic carbocycles. The summed E-state index contributed by atoms with van der Waals surface area (Å²) in [7, 11) is 0. The molecule has 1 aromatic rings. The minimum absolute atomic E-state index is 0.0648. The molecule has 0 aliphatic rings. The van der Waals surface area contributed by atoms with Crippen LogP contribution in [0.2, 0.25) is 0 Å². The Bertz CT molecular complexity index is 293. The number of pyridine rings is 1. The summed E-state index contributed by atoms with van der Waals surface area (Å²) in [6.07, 6.45) is 1.87. The molecule has 0 radical (unpaired) electrons. The molecular weight excluding hydrogens is 188 g/mol. The molecule has 0 fully saturated rings. The number of nitrogens with zero attached hydrogens (tertiary/aromatic N) is 1. The van der Waals surface area contributed by atoms with Gasteiger partial charge in [0.2, 0.25) is 0 Å². The van der Waals surface area contributed by atoms with E-state index in [9.17, 15) is 0 Å². The quantitative estimate of drug-likeness (QED) is 0.770. The zero-order valence-corrected chi connectivity index (χ0v) is 9.75. The molecule has 0 saturated heterocycles. The van der Waals surface area contributed by atoms with Crippen LogP contribution in [0.3, 0.4) is 0 Å². The molecule has 3 heteroatoms. The van der Waals surface area contributed by atoms with E-state index < -0.39 is 0 Å². The summed E-state index contributed by atoms with van der Waals surface area (Å²) in [5.74, 6) is 0. The lowest BCUT2D eigenvalue weighted by atomic mass is 9.95. The standard InChI is InChI=1S/C12H20N2O/c1-10-4-5-11(14-6-10)7-13-8-12(2,3)9-15/h4-6,13,15H,7-9H2,1-3H3. The molecule has 0 amide bonds. The Kier molecular flexibility index (Phi) is 4.24. The Morgan fingerprint density at radius 3 is 2.67 bits per heavy atom. The highest BCUT2D eigenvalue weighted by Crippen LogP contribution is 2.11. The first-order valence-corrected chi connectivity index (χ1v) is 5.27. The molecule has 2 N–H and O–H groups in total. The molecule has 1 aromatic heterocycles. The molecule has 84 valence electrons. The summed E-state index contributed by atoms with van der Waals surface area (Å²) in [6, 6.07) is 4.08. The second-order valence-corrected chi connectivity index (χ2v) is 4.75. The van der Waals surface area contributed by atoms with Crippen LogP contribution in [0.4, 0.5) is 0 Å². The van der Waals surface area contributed by atoms with E-state index in [0.29, 0.717) is 0 Å². The van der Waals surface area contributed by atoms with Gasteiger partial charge in [-0.1, -0.05) is 19.9 Å². The highest BCUT2D eigenvalue weighted by Gasteiger charge is 2.15. The third-order valence-electron chi connectivity index (χ3n) is 2.31. The van der Waals surface area contributed by atoms with Crippen LogP contribution < -0.4 is 5.32 Å². The van der Waals surface area contributed by atoms with Crippen LogP contribution in [-0.4, -0.2) is 23.2 Å². The third-order valence-corrected chi connectivity index (χ3v) is 2.31. The van der Waals surface area contributed by atoms with Crippen LogP contribution >= 0.6 is 0 Å². The normalized spacial score (nSPS) is 11.7. The molecule has 0 atom stereocenters. The fourth-order valence-corrected chi connectivity index (χ4v) is 1.19. The summed E-state index contributed by atoms with van der Waals surface area (Å²) in [6.45, 7) is 7.83. The van der Waals surface area contributed by atoms with Crippen LogP contribution in [0, 0.1) is 12.3 Å². The number of hydrogen-bond donors (Lipinski definition) is 2. The fraction of sp³-hybridized carbons (Fsp3) is 0.583. The molecule has 0 aliphatic heterocycles. The van der Waals surface area contributed by atoms with Gasteiger partial charge in [-0.15, -0.1) is 0 Å². The van der Waals surface area contributed by atoms with Crippen LogP contribution in [0.25, 0.3) is 0 Å². The average Bonchev–Trinajstić information content (AvgIpc) is 2.21. The van der Waals surface area contributed by atoms with Gasteiger partial charge in [-0.05, 0) is 18.6 Å². The molecule has 0 bridgehead atoms. The summed E-state index contributed by atoms with van der Waals surface area (Å²) in [5.41, 5.74) is 2.15. The van der Waals surface area contributed by atoms with Gasteiger partial charge in [-0.25, -0.2) is 0 Å².